The van der Waals surface area contributed by atoms with Crippen molar-refractivity contribution in [2.75, 3.05) is 20.7 Å². The topological polar surface area (TPSA) is 98.5 Å². The number of fused-ring (bicyclic) bond motifs is 1. The Morgan fingerprint density at radius 2 is 1.80 bits per heavy atom. The number of benzene rings is 3. The number of ether oxygens (including phenoxy) is 1. The minimum atomic E-state index is -0.181. The molecule has 0 saturated heterocycles. The predicted molar refractivity (Wildman–Crippen MR) is 138 cm³/mol. The number of carbonyl (C=O) groups is 1. The summed E-state index contributed by atoms with van der Waals surface area (Å²) in [6.45, 7) is 0.528. The van der Waals surface area contributed by atoms with Crippen molar-refractivity contribution < 1.29 is 9.53 Å². The quantitative estimate of drug-likeness (QED) is 0.287. The lowest BCUT2D eigenvalue weighted by atomic mass is 9.68. The molecular formula is C28H31N5O2. The fourth-order valence-electron chi connectivity index (χ4n) is 5.07. The van der Waals surface area contributed by atoms with Crippen LogP contribution in [0.4, 0.5) is 0 Å². The molecule has 180 valence electrons. The summed E-state index contributed by atoms with van der Waals surface area (Å²) in [6, 6.07) is 22.3. The van der Waals surface area contributed by atoms with Gasteiger partial charge in [0.2, 0.25) is 12.2 Å². The molecular weight excluding hydrogens is 438 g/mol. The summed E-state index contributed by atoms with van der Waals surface area (Å²) in [5.41, 5.74) is 1.61. The number of rotatable bonds is 6. The first-order valence-corrected chi connectivity index (χ1v) is 11.9. The van der Waals surface area contributed by atoms with Gasteiger partial charge in [-0.25, -0.2) is 0 Å². The van der Waals surface area contributed by atoms with Gasteiger partial charge >= 0.3 is 0 Å². The molecule has 1 amide bonds. The number of hydrogen-bond acceptors (Lipinski definition) is 4. The average molecular weight is 470 g/mol. The van der Waals surface area contributed by atoms with Gasteiger partial charge < -0.3 is 20.7 Å². The first-order chi connectivity index (χ1) is 17.1. The molecule has 3 aromatic carbocycles. The van der Waals surface area contributed by atoms with Crippen molar-refractivity contribution >= 4 is 22.6 Å². The van der Waals surface area contributed by atoms with Crippen molar-refractivity contribution in [2.45, 2.75) is 37.1 Å². The van der Waals surface area contributed by atoms with Crippen LogP contribution in [0.3, 0.4) is 0 Å². The lowest BCUT2D eigenvalue weighted by Crippen LogP contribution is -2.49. The van der Waals surface area contributed by atoms with Gasteiger partial charge in [0, 0.05) is 25.0 Å². The van der Waals surface area contributed by atoms with E-state index >= 15 is 0 Å². The number of hydrogen-bond donors (Lipinski definition) is 3. The van der Waals surface area contributed by atoms with E-state index in [1.54, 1.807) is 14.2 Å². The van der Waals surface area contributed by atoms with Crippen LogP contribution in [0.5, 0.6) is 5.75 Å². The molecule has 0 heterocycles. The zero-order valence-electron chi connectivity index (χ0n) is 20.2. The summed E-state index contributed by atoms with van der Waals surface area (Å²) < 4.78 is 5.55. The maximum Gasteiger partial charge on any atom is 0.255 e. The number of aliphatic imine (C=N–C) groups is 1. The molecule has 1 aliphatic carbocycles. The lowest BCUT2D eigenvalue weighted by molar-refractivity contribution is 0.0934. The number of nitriles is 1. The van der Waals surface area contributed by atoms with E-state index in [1.807, 2.05) is 48.7 Å². The van der Waals surface area contributed by atoms with E-state index in [2.05, 4.69) is 45.2 Å². The second-order valence-corrected chi connectivity index (χ2v) is 8.92. The van der Waals surface area contributed by atoms with Gasteiger partial charge in [-0.2, -0.15) is 5.26 Å². The van der Waals surface area contributed by atoms with Crippen molar-refractivity contribution in [1.29, 1.82) is 5.26 Å². The molecule has 3 aromatic rings. The van der Waals surface area contributed by atoms with Crippen molar-refractivity contribution in [3.05, 3.63) is 77.9 Å². The van der Waals surface area contributed by atoms with Crippen molar-refractivity contribution in [1.82, 2.24) is 16.0 Å². The molecule has 7 nitrogen and oxygen atoms in total. The van der Waals surface area contributed by atoms with E-state index in [4.69, 9.17) is 10.00 Å². The summed E-state index contributed by atoms with van der Waals surface area (Å²) in [4.78, 5) is 17.3. The molecule has 0 bridgehead atoms. The largest absolute Gasteiger partial charge is 0.496 e. The Hall–Kier alpha value is -4.05. The predicted octanol–water partition coefficient (Wildman–Crippen LogP) is 4.10. The molecule has 0 radical (unpaired) electrons. The summed E-state index contributed by atoms with van der Waals surface area (Å²) in [7, 11) is 3.34. The molecule has 0 spiro atoms. The third-order valence-electron chi connectivity index (χ3n) is 6.99. The maximum atomic E-state index is 13.5. The van der Waals surface area contributed by atoms with E-state index in [-0.39, 0.29) is 17.4 Å². The minimum Gasteiger partial charge on any atom is -0.496 e. The second-order valence-electron chi connectivity index (χ2n) is 8.92. The van der Waals surface area contributed by atoms with Crippen molar-refractivity contribution in [2.24, 2.45) is 4.99 Å². The van der Waals surface area contributed by atoms with Crippen LogP contribution in [-0.2, 0) is 5.41 Å². The van der Waals surface area contributed by atoms with Crippen LogP contribution >= 0.6 is 0 Å². The highest BCUT2D eigenvalue weighted by Crippen LogP contribution is 2.39. The van der Waals surface area contributed by atoms with Crippen LogP contribution in [0.25, 0.3) is 10.8 Å². The minimum absolute atomic E-state index is 0.132. The smallest absolute Gasteiger partial charge is 0.255 e. The van der Waals surface area contributed by atoms with Crippen LogP contribution in [0, 0.1) is 11.5 Å². The maximum absolute atomic E-state index is 13.5. The Balaban J connectivity index is 1.56. The van der Waals surface area contributed by atoms with E-state index in [9.17, 15) is 4.79 Å². The third kappa shape index (κ3) is 5.22. The number of guanidine groups is 1. The van der Waals surface area contributed by atoms with E-state index in [0.29, 0.717) is 23.8 Å². The van der Waals surface area contributed by atoms with Crippen LogP contribution < -0.4 is 20.7 Å². The normalized spacial score (nSPS) is 20.0. The highest BCUT2D eigenvalue weighted by atomic mass is 16.5. The summed E-state index contributed by atoms with van der Waals surface area (Å²) in [5.74, 6) is 0.924. The number of nitrogens with zero attached hydrogens (tertiary/aromatic N) is 2. The van der Waals surface area contributed by atoms with E-state index in [1.165, 1.54) is 5.56 Å². The molecule has 3 N–H and O–H groups in total. The van der Waals surface area contributed by atoms with Crippen LogP contribution in [0.2, 0.25) is 0 Å². The molecule has 0 aliphatic heterocycles. The third-order valence-corrected chi connectivity index (χ3v) is 6.99. The summed E-state index contributed by atoms with van der Waals surface area (Å²) in [5, 5.41) is 20.3. The first-order valence-electron chi connectivity index (χ1n) is 11.9. The first kappa shape index (κ1) is 24.1. The van der Waals surface area contributed by atoms with Crippen LogP contribution in [0.15, 0.2) is 71.7 Å². The van der Waals surface area contributed by atoms with Gasteiger partial charge in [0.15, 0.2) is 0 Å². The Bertz CT molecular complexity index is 1240. The van der Waals surface area contributed by atoms with Gasteiger partial charge in [0.05, 0.1) is 12.7 Å². The van der Waals surface area contributed by atoms with Gasteiger partial charge in [-0.1, -0.05) is 60.7 Å². The number of carbonyl (C=O) groups excluding carboxylic acids is 1. The monoisotopic (exact) mass is 469 g/mol. The fourth-order valence-corrected chi connectivity index (χ4v) is 5.07. The molecule has 1 aliphatic rings. The molecule has 4 rings (SSSR count). The van der Waals surface area contributed by atoms with Gasteiger partial charge in [-0.05, 0) is 48.1 Å². The van der Waals surface area contributed by atoms with Gasteiger partial charge in [-0.15, -0.1) is 4.99 Å². The highest BCUT2D eigenvalue weighted by molar-refractivity contribution is 6.09. The van der Waals surface area contributed by atoms with Crippen LogP contribution in [-0.4, -0.2) is 38.6 Å². The van der Waals surface area contributed by atoms with E-state index < -0.39 is 0 Å². The summed E-state index contributed by atoms with van der Waals surface area (Å²) >= 11 is 0. The zero-order valence-corrected chi connectivity index (χ0v) is 20.2. The fraction of sp³-hybridized carbons (Fsp3) is 0.321. The Morgan fingerprint density at radius 1 is 1.09 bits per heavy atom. The van der Waals surface area contributed by atoms with Crippen molar-refractivity contribution in [3.63, 3.8) is 0 Å². The molecule has 0 unspecified atom stereocenters. The summed E-state index contributed by atoms with van der Waals surface area (Å²) in [6.07, 6.45) is 5.41. The van der Waals surface area contributed by atoms with Gasteiger partial charge in [0.25, 0.3) is 5.91 Å². The molecule has 0 atom stereocenters. The highest BCUT2D eigenvalue weighted by Gasteiger charge is 2.37. The van der Waals surface area contributed by atoms with Crippen LogP contribution in [0.1, 0.15) is 41.6 Å². The average Bonchev–Trinajstić information content (AvgIpc) is 2.92. The Labute approximate surface area is 206 Å². The second kappa shape index (κ2) is 10.9. The molecule has 35 heavy (non-hydrogen) atoms. The van der Waals surface area contributed by atoms with Gasteiger partial charge in [0.1, 0.15) is 5.75 Å². The zero-order chi connectivity index (χ0) is 24.7. The van der Waals surface area contributed by atoms with Crippen molar-refractivity contribution in [3.8, 4) is 11.9 Å². The Kier molecular flexibility index (Phi) is 7.51. The molecule has 1 fully saturated rings. The van der Waals surface area contributed by atoms with Gasteiger partial charge in [-0.3, -0.25) is 4.79 Å². The lowest BCUT2D eigenvalue weighted by Gasteiger charge is -2.41. The number of amides is 1. The SMILES string of the molecule is CN/C(=N\C#N)N[C@H]1CC[C@](CNC(=O)c2c(OC)ccc3ccccc23)(c2ccccc2)CC1. The molecule has 7 heteroatoms. The molecule has 1 saturated carbocycles. The standard InChI is InChI=1S/C28H31N5O2/c1-30-27(32-19-29)33-22-14-16-28(17-15-22,21-9-4-3-5-10-21)18-31-26(34)25-23-11-7-6-8-20(23)12-13-24(25)35-2/h3-13,22H,14-18H2,1-2H3,(H,31,34)(H2,30,32,33)/t22-,28-. The van der Waals surface area contributed by atoms with E-state index in [0.717, 1.165) is 36.5 Å². The number of methoxy groups -OCH3 is 1. The Morgan fingerprint density at radius 3 is 2.49 bits per heavy atom. The molecule has 0 aromatic heterocycles. The number of nitrogens with one attached hydrogen (secondary N) is 3.